The van der Waals surface area contributed by atoms with Gasteiger partial charge in [0.05, 0.1) is 6.54 Å². The van der Waals surface area contributed by atoms with Crippen molar-refractivity contribution < 1.29 is 9.59 Å². The minimum absolute atomic E-state index is 0.0463. The molecule has 0 saturated carbocycles. The van der Waals surface area contributed by atoms with E-state index >= 15 is 0 Å². The molecule has 0 atom stereocenters. The first-order valence-corrected chi connectivity index (χ1v) is 11.4. The van der Waals surface area contributed by atoms with Crippen molar-refractivity contribution in [1.29, 1.82) is 0 Å². The summed E-state index contributed by atoms with van der Waals surface area (Å²) >= 11 is 0. The molecule has 5 N–H and O–H groups in total. The molecule has 0 radical (unpaired) electrons. The van der Waals surface area contributed by atoms with Crippen LogP contribution in [0.25, 0.3) is 0 Å². The molecule has 3 aliphatic rings. The fourth-order valence-electron chi connectivity index (χ4n) is 1.44. The number of urea groups is 1. The summed E-state index contributed by atoms with van der Waals surface area (Å²) in [7, 11) is 0. The Kier molecular flexibility index (Phi) is 28.0. The highest BCUT2D eigenvalue weighted by molar-refractivity contribution is 5.81. The number of hydrogen-bond donors (Lipinski definition) is 5. The van der Waals surface area contributed by atoms with E-state index in [1.807, 2.05) is 12.3 Å². The lowest BCUT2D eigenvalue weighted by Crippen LogP contribution is -2.29. The van der Waals surface area contributed by atoms with Gasteiger partial charge in [0.25, 0.3) is 0 Å². The molecule has 7 nitrogen and oxygen atoms in total. The van der Waals surface area contributed by atoms with Gasteiger partial charge in [-0.2, -0.15) is 0 Å². The summed E-state index contributed by atoms with van der Waals surface area (Å²) in [6.07, 6.45) is 5.70. The van der Waals surface area contributed by atoms with Crippen LogP contribution >= 0.6 is 0 Å². The molecule has 0 unspecified atom stereocenters. The second kappa shape index (κ2) is 25.4. The molecule has 0 aromatic carbocycles. The summed E-state index contributed by atoms with van der Waals surface area (Å²) < 4.78 is 0. The van der Waals surface area contributed by atoms with Crippen LogP contribution in [0, 0.1) is 17.8 Å². The third-order valence-corrected chi connectivity index (χ3v) is 2.35. The highest BCUT2D eigenvalue weighted by atomic mass is 16.2. The second-order valence-corrected chi connectivity index (χ2v) is 9.13. The Hall–Kier alpha value is -1.60. The van der Waals surface area contributed by atoms with Crippen molar-refractivity contribution in [1.82, 2.24) is 26.8 Å². The first-order valence-electron chi connectivity index (χ1n) is 11.4. The Morgan fingerprint density at radius 1 is 0.767 bits per heavy atom. The van der Waals surface area contributed by atoms with E-state index in [0.29, 0.717) is 12.3 Å². The van der Waals surface area contributed by atoms with E-state index < -0.39 is 0 Å². The molecule has 0 spiro atoms. The molecule has 2 saturated heterocycles. The van der Waals surface area contributed by atoms with Gasteiger partial charge in [0.15, 0.2) is 0 Å². The number of hydrazine groups is 1. The van der Waals surface area contributed by atoms with Crippen molar-refractivity contribution in [3.05, 3.63) is 12.3 Å². The highest BCUT2D eigenvalue weighted by Gasteiger charge is 2.05. The summed E-state index contributed by atoms with van der Waals surface area (Å²) in [6.45, 7) is 23.6. The number of hydrogen-bond acceptors (Lipinski definition) is 5. The molecule has 2 fully saturated rings. The lowest BCUT2D eigenvalue weighted by molar-refractivity contribution is -0.119. The number of ketones is 1. The normalized spacial score (nSPS) is 16.0. The molecule has 0 aromatic rings. The number of Topliss-reactive ketones (excluding diaryl/α,β-unsaturated/α-hetero) is 1. The summed E-state index contributed by atoms with van der Waals surface area (Å²) in [5, 5.41) is 8.12. The minimum atomic E-state index is -0.0463. The van der Waals surface area contributed by atoms with Crippen molar-refractivity contribution in [3.63, 3.8) is 0 Å². The Labute approximate surface area is 186 Å². The van der Waals surface area contributed by atoms with E-state index in [9.17, 15) is 9.59 Å². The van der Waals surface area contributed by atoms with E-state index in [2.05, 4.69) is 89.1 Å². The first-order chi connectivity index (χ1) is 14.0. The lowest BCUT2D eigenvalue weighted by atomic mass is 10.1. The van der Waals surface area contributed by atoms with Crippen LogP contribution in [0.1, 0.15) is 75.2 Å². The average Bonchev–Trinajstić information content (AvgIpc) is 3.31. The number of nitrogens with one attached hydrogen (secondary N) is 5. The zero-order chi connectivity index (χ0) is 23.8. The van der Waals surface area contributed by atoms with Gasteiger partial charge in [0.1, 0.15) is 5.78 Å². The monoisotopic (exact) mass is 429 g/mol. The van der Waals surface area contributed by atoms with E-state index in [4.69, 9.17) is 0 Å². The summed E-state index contributed by atoms with van der Waals surface area (Å²) in [4.78, 5) is 20.4. The summed E-state index contributed by atoms with van der Waals surface area (Å²) in [5.74, 6) is 2.85. The number of piperidine rings is 1. The van der Waals surface area contributed by atoms with Crippen molar-refractivity contribution in [2.75, 3.05) is 32.7 Å². The third-order valence-electron chi connectivity index (χ3n) is 2.35. The number of rotatable bonds is 0. The number of amides is 2. The number of carbonyl (C=O) groups excluding carboxylic acids is 2. The van der Waals surface area contributed by atoms with Gasteiger partial charge in [0, 0.05) is 32.3 Å². The van der Waals surface area contributed by atoms with Gasteiger partial charge in [-0.1, -0.05) is 68.4 Å². The van der Waals surface area contributed by atoms with Gasteiger partial charge < -0.3 is 21.4 Å². The Morgan fingerprint density at radius 2 is 1.23 bits per heavy atom. The average molecular weight is 430 g/mol. The summed E-state index contributed by atoms with van der Waals surface area (Å²) in [5.41, 5.74) is 5.65. The molecule has 2 amide bonds. The van der Waals surface area contributed by atoms with E-state index in [1.165, 1.54) is 0 Å². The molecule has 0 aliphatic carbocycles. The maximum absolute atomic E-state index is 10.4. The molecular weight excluding hydrogens is 378 g/mol. The molecule has 0 bridgehead atoms. The molecule has 3 heterocycles. The van der Waals surface area contributed by atoms with Gasteiger partial charge in [0.2, 0.25) is 0 Å². The fraction of sp³-hybridized carbons (Fsp3) is 0.826. The quantitative estimate of drug-likeness (QED) is 0.403. The largest absolute Gasteiger partial charge is 0.336 e. The first kappa shape index (κ1) is 33.0. The zero-order valence-electron chi connectivity index (χ0n) is 21.2. The fourth-order valence-corrected chi connectivity index (χ4v) is 1.44. The Bertz CT molecular complexity index is 366. The standard InChI is InChI=1S/C5H9NO.3C4H10.C3H6N2O.C3H6N2/c7-5-2-1-3-6-4-5;3*1-4(2)3;6-3-4-1-2-5-3;1-2-4-5-3-1/h6H,1-4H2;3*4H,1-3H3;1-2H2,(H2,4,5,6);1-2,4-5H,3H2. The zero-order valence-corrected chi connectivity index (χ0v) is 21.2. The van der Waals surface area contributed by atoms with Gasteiger partial charge in [-0.05, 0) is 30.7 Å². The molecule has 3 rings (SSSR count). The molecule has 30 heavy (non-hydrogen) atoms. The summed E-state index contributed by atoms with van der Waals surface area (Å²) in [6, 6.07) is -0.0463. The topological polar surface area (TPSA) is 94.3 Å². The van der Waals surface area contributed by atoms with E-state index in [-0.39, 0.29) is 6.03 Å². The molecule has 180 valence electrons. The van der Waals surface area contributed by atoms with Crippen LogP contribution in [0.15, 0.2) is 12.3 Å². The van der Waals surface area contributed by atoms with Crippen LogP contribution in [0.4, 0.5) is 4.79 Å². The van der Waals surface area contributed by atoms with Crippen molar-refractivity contribution >= 4 is 11.8 Å². The van der Waals surface area contributed by atoms with Crippen LogP contribution in [0.3, 0.4) is 0 Å². The number of carbonyl (C=O) groups is 2. The van der Waals surface area contributed by atoms with Gasteiger partial charge >= 0.3 is 6.03 Å². The predicted octanol–water partition coefficient (Wildman–Crippen LogP) is 3.83. The highest BCUT2D eigenvalue weighted by Crippen LogP contribution is 1.92. The van der Waals surface area contributed by atoms with E-state index in [0.717, 1.165) is 56.8 Å². The third kappa shape index (κ3) is 50.3. The van der Waals surface area contributed by atoms with Gasteiger partial charge in [-0.25, -0.2) is 10.2 Å². The van der Waals surface area contributed by atoms with Crippen molar-refractivity contribution in [3.8, 4) is 0 Å². The van der Waals surface area contributed by atoms with E-state index in [1.54, 1.807) is 0 Å². The van der Waals surface area contributed by atoms with Crippen LogP contribution in [0.2, 0.25) is 0 Å². The van der Waals surface area contributed by atoms with Crippen molar-refractivity contribution in [2.24, 2.45) is 17.8 Å². The smallest absolute Gasteiger partial charge is 0.314 e. The SMILES string of the molecule is C1=CNNC1.CC(C)C.CC(C)C.CC(C)C.O=C1CCCNC1.O=C1NCCN1. The molecule has 0 aromatic heterocycles. The molecule has 3 aliphatic heterocycles. The Balaban J connectivity index is -0.000000297. The lowest BCUT2D eigenvalue weighted by Gasteiger charge is -2.08. The Morgan fingerprint density at radius 3 is 1.37 bits per heavy atom. The maximum atomic E-state index is 10.4. The van der Waals surface area contributed by atoms with Gasteiger partial charge in [-0.3, -0.25) is 4.79 Å². The molecular formula is C23H51N5O2. The minimum Gasteiger partial charge on any atom is -0.336 e. The van der Waals surface area contributed by atoms with Crippen LogP contribution in [-0.4, -0.2) is 44.5 Å². The maximum Gasteiger partial charge on any atom is 0.314 e. The predicted molar refractivity (Wildman–Crippen MR) is 130 cm³/mol. The van der Waals surface area contributed by atoms with Crippen LogP contribution in [-0.2, 0) is 4.79 Å². The van der Waals surface area contributed by atoms with Crippen LogP contribution < -0.4 is 26.8 Å². The van der Waals surface area contributed by atoms with Crippen LogP contribution in [0.5, 0.6) is 0 Å². The van der Waals surface area contributed by atoms with Crippen molar-refractivity contribution in [2.45, 2.75) is 75.2 Å². The second-order valence-electron chi connectivity index (χ2n) is 9.13. The molecule has 7 heteroatoms. The van der Waals surface area contributed by atoms with Gasteiger partial charge in [-0.15, -0.1) is 0 Å².